The Bertz CT molecular complexity index is 1370. The number of ether oxygens (including phenoxy) is 1. The molecular formula is C29H35N5O5S. The lowest BCUT2D eigenvalue weighted by Gasteiger charge is -2.39. The molecule has 1 spiro atoms. The molecule has 0 saturated carbocycles. The first-order valence-corrected chi connectivity index (χ1v) is 14.9. The molecular weight excluding hydrogens is 530 g/mol. The molecule has 10 nitrogen and oxygen atoms in total. The Hall–Kier alpha value is -3.18. The zero-order valence-corrected chi connectivity index (χ0v) is 23.6. The Morgan fingerprint density at radius 3 is 2.77 bits per heavy atom. The number of nitrogens with zero attached hydrogens (tertiary/aromatic N) is 5. The topological polar surface area (TPSA) is 118 Å². The fraction of sp³-hybridized carbons (Fsp3) is 0.552. The highest BCUT2D eigenvalue weighted by Crippen LogP contribution is 2.61. The van der Waals surface area contributed by atoms with E-state index in [9.17, 15) is 19.5 Å². The lowest BCUT2D eigenvalue weighted by molar-refractivity contribution is -0.154. The fourth-order valence-electron chi connectivity index (χ4n) is 6.69. The molecule has 6 rings (SSSR count). The summed E-state index contributed by atoms with van der Waals surface area (Å²) in [6.45, 7) is 4.39. The van der Waals surface area contributed by atoms with Crippen LogP contribution < -0.4 is 0 Å². The van der Waals surface area contributed by atoms with Crippen LogP contribution in [0.5, 0.6) is 0 Å². The van der Waals surface area contributed by atoms with Crippen molar-refractivity contribution in [3.8, 4) is 0 Å². The maximum atomic E-state index is 14.6. The first-order chi connectivity index (χ1) is 19.4. The number of aromatic nitrogens is 3. The normalized spacial score (nSPS) is 32.0. The lowest BCUT2D eigenvalue weighted by Crippen LogP contribution is -2.57. The average molecular weight is 566 g/mol. The third-order valence-corrected chi connectivity index (χ3v) is 10.4. The van der Waals surface area contributed by atoms with Gasteiger partial charge in [0.2, 0.25) is 11.8 Å². The Balaban J connectivity index is 1.43. The molecule has 2 saturated heterocycles. The van der Waals surface area contributed by atoms with Crippen molar-refractivity contribution in [2.45, 2.75) is 61.9 Å². The monoisotopic (exact) mass is 565 g/mol. The minimum atomic E-state index is -0.970. The van der Waals surface area contributed by atoms with E-state index in [-0.39, 0.29) is 42.2 Å². The second-order valence-corrected chi connectivity index (χ2v) is 12.8. The van der Waals surface area contributed by atoms with Crippen molar-refractivity contribution >= 4 is 40.6 Å². The first kappa shape index (κ1) is 27.0. The molecule has 5 heterocycles. The highest BCUT2D eigenvalue weighted by Gasteiger charge is 2.71. The molecule has 212 valence electrons. The van der Waals surface area contributed by atoms with Crippen molar-refractivity contribution in [2.24, 2.45) is 17.8 Å². The molecule has 0 radical (unpaired) electrons. The first-order valence-electron chi connectivity index (χ1n) is 14.1. The summed E-state index contributed by atoms with van der Waals surface area (Å²) in [4.78, 5) is 45.7. The van der Waals surface area contributed by atoms with Gasteiger partial charge in [-0.1, -0.05) is 55.5 Å². The number of allylic oxidation sites excluding steroid dienone is 1. The Labute approximate surface area is 237 Å². The van der Waals surface area contributed by atoms with Crippen LogP contribution in [-0.4, -0.2) is 89.5 Å². The fourth-order valence-corrected chi connectivity index (χ4v) is 8.68. The number of esters is 1. The molecule has 4 aliphatic rings. The van der Waals surface area contributed by atoms with E-state index in [0.717, 1.165) is 30.3 Å². The molecule has 1 unspecified atom stereocenters. The summed E-state index contributed by atoms with van der Waals surface area (Å²) in [5.41, 5.74) is 1.54. The van der Waals surface area contributed by atoms with E-state index in [1.165, 1.54) is 11.8 Å². The number of thioether (sulfide) groups is 1. The van der Waals surface area contributed by atoms with Crippen LogP contribution in [0.2, 0.25) is 0 Å². The average Bonchev–Trinajstić information content (AvgIpc) is 3.53. The predicted molar refractivity (Wildman–Crippen MR) is 150 cm³/mol. The lowest BCUT2D eigenvalue weighted by atomic mass is 9.78. The molecule has 40 heavy (non-hydrogen) atoms. The van der Waals surface area contributed by atoms with E-state index in [1.807, 2.05) is 56.3 Å². The maximum absolute atomic E-state index is 14.6. The van der Waals surface area contributed by atoms with E-state index < -0.39 is 28.7 Å². The second-order valence-electron chi connectivity index (χ2n) is 11.4. The number of aliphatic hydroxyl groups is 1. The number of fused-ring (bicyclic) bond motifs is 3. The van der Waals surface area contributed by atoms with Gasteiger partial charge < -0.3 is 19.6 Å². The molecule has 4 aliphatic heterocycles. The zero-order valence-electron chi connectivity index (χ0n) is 22.8. The highest BCUT2D eigenvalue weighted by molar-refractivity contribution is 8.02. The SMILES string of the molecule is CC(C)[C@H](CO)N1C(=O)[C@@H]2[C@@H]3C(=O)OCCCC/C=C\[C@@H]3S[C@@]23C=CCN(Cn2nnc4ccccc42)C(=O)C13. The minimum Gasteiger partial charge on any atom is -0.465 e. The highest BCUT2D eigenvalue weighted by atomic mass is 32.2. The quantitative estimate of drug-likeness (QED) is 0.434. The third-order valence-electron chi connectivity index (χ3n) is 8.66. The smallest absolute Gasteiger partial charge is 0.311 e. The van der Waals surface area contributed by atoms with Crippen LogP contribution in [0.1, 0.15) is 33.1 Å². The van der Waals surface area contributed by atoms with Crippen LogP contribution in [0, 0.1) is 17.8 Å². The van der Waals surface area contributed by atoms with Crippen molar-refractivity contribution in [3.63, 3.8) is 0 Å². The van der Waals surface area contributed by atoms with Crippen LogP contribution >= 0.6 is 11.8 Å². The number of benzene rings is 1. The Morgan fingerprint density at radius 2 is 1.98 bits per heavy atom. The summed E-state index contributed by atoms with van der Waals surface area (Å²) in [5.74, 6) is -2.48. The molecule has 2 fully saturated rings. The Morgan fingerprint density at radius 1 is 1.15 bits per heavy atom. The number of carbonyl (C=O) groups excluding carboxylic acids is 3. The van der Waals surface area contributed by atoms with Gasteiger partial charge in [-0.2, -0.15) is 0 Å². The van der Waals surface area contributed by atoms with Crippen molar-refractivity contribution in [1.82, 2.24) is 24.8 Å². The van der Waals surface area contributed by atoms with Crippen LogP contribution in [0.15, 0.2) is 48.6 Å². The van der Waals surface area contributed by atoms with E-state index in [2.05, 4.69) is 16.4 Å². The number of rotatable bonds is 5. The van der Waals surface area contributed by atoms with Crippen LogP contribution in [0.3, 0.4) is 0 Å². The number of para-hydroxylation sites is 1. The van der Waals surface area contributed by atoms with E-state index in [4.69, 9.17) is 4.74 Å². The van der Waals surface area contributed by atoms with Gasteiger partial charge >= 0.3 is 5.97 Å². The number of hydrogen-bond donors (Lipinski definition) is 1. The molecule has 2 amide bonds. The molecule has 11 heteroatoms. The Kier molecular flexibility index (Phi) is 7.20. The minimum absolute atomic E-state index is 0.103. The summed E-state index contributed by atoms with van der Waals surface area (Å²) in [5, 5.41) is 18.7. The van der Waals surface area contributed by atoms with Crippen LogP contribution in [0.25, 0.3) is 11.0 Å². The van der Waals surface area contributed by atoms with Crippen molar-refractivity contribution in [3.05, 3.63) is 48.6 Å². The summed E-state index contributed by atoms with van der Waals surface area (Å²) in [7, 11) is 0. The molecule has 1 aromatic heterocycles. The predicted octanol–water partition coefficient (Wildman–Crippen LogP) is 2.38. The summed E-state index contributed by atoms with van der Waals surface area (Å²) >= 11 is 1.51. The summed E-state index contributed by atoms with van der Waals surface area (Å²) < 4.78 is 6.40. The molecule has 2 aromatic rings. The second kappa shape index (κ2) is 10.7. The molecule has 0 bridgehead atoms. The molecule has 0 aliphatic carbocycles. The molecule has 1 N–H and O–H groups in total. The van der Waals surface area contributed by atoms with Crippen molar-refractivity contribution in [1.29, 1.82) is 0 Å². The van der Waals surface area contributed by atoms with Gasteiger partial charge in [-0.3, -0.25) is 14.4 Å². The van der Waals surface area contributed by atoms with E-state index in [1.54, 1.807) is 14.5 Å². The number of likely N-dealkylation sites (tertiary alicyclic amines) is 1. The zero-order chi connectivity index (χ0) is 28.0. The van der Waals surface area contributed by atoms with Gasteiger partial charge in [0, 0.05) is 11.8 Å². The van der Waals surface area contributed by atoms with Crippen molar-refractivity contribution in [2.75, 3.05) is 19.8 Å². The number of hydrogen-bond acceptors (Lipinski definition) is 8. The van der Waals surface area contributed by atoms with Gasteiger partial charge in [0.15, 0.2) is 0 Å². The van der Waals surface area contributed by atoms with Gasteiger partial charge in [0.25, 0.3) is 0 Å². The summed E-state index contributed by atoms with van der Waals surface area (Å²) in [6.07, 6.45) is 10.6. The number of carbonyl (C=O) groups is 3. The van der Waals surface area contributed by atoms with E-state index >= 15 is 0 Å². The van der Waals surface area contributed by atoms with Gasteiger partial charge in [-0.05, 0) is 37.3 Å². The van der Waals surface area contributed by atoms with E-state index in [0.29, 0.717) is 13.2 Å². The molecule has 1 aromatic carbocycles. The van der Waals surface area contributed by atoms with Gasteiger partial charge in [-0.15, -0.1) is 16.9 Å². The van der Waals surface area contributed by atoms with Crippen molar-refractivity contribution < 1.29 is 24.2 Å². The number of amides is 2. The van der Waals surface area contributed by atoms with Crippen LogP contribution in [0.4, 0.5) is 0 Å². The van der Waals surface area contributed by atoms with Gasteiger partial charge in [0.05, 0.1) is 41.4 Å². The number of cyclic esters (lactones) is 1. The summed E-state index contributed by atoms with van der Waals surface area (Å²) in [6, 6.07) is 6.10. The van der Waals surface area contributed by atoms with Crippen LogP contribution in [-0.2, 0) is 25.8 Å². The van der Waals surface area contributed by atoms with Gasteiger partial charge in [0.1, 0.15) is 18.2 Å². The van der Waals surface area contributed by atoms with Gasteiger partial charge in [-0.25, -0.2) is 4.68 Å². The third kappa shape index (κ3) is 4.25. The number of aliphatic hydroxyl groups excluding tert-OH is 1. The largest absolute Gasteiger partial charge is 0.465 e. The standard InChI is InChI=1S/C29H35N5O5S/c1-18(2)21(16-35)34-25-27(37)32(17-33-20-11-7-6-10-19(20)30-31-33)14-9-13-29(25)24(26(34)36)23-22(40-29)12-5-3-4-8-15-39-28(23)38/h5-7,9-13,18,21-25,35H,3-4,8,14-17H2,1-2H3/b12-5-/t21-,22-,23+,24-,25?,29-/m0/s1. The maximum Gasteiger partial charge on any atom is 0.311 e. The molecule has 6 atom stereocenters.